The Morgan fingerprint density at radius 1 is 1.23 bits per heavy atom. The molecule has 0 aliphatic carbocycles. The van der Waals surface area contributed by atoms with E-state index in [1.165, 1.54) is 13.0 Å². The molecule has 0 aliphatic rings. The van der Waals surface area contributed by atoms with Crippen molar-refractivity contribution < 1.29 is 32.0 Å². The largest absolute Gasteiger partial charge is 0.474 e. The molecular formula is C16H12F4N2O4. The van der Waals surface area contributed by atoms with Crippen LogP contribution in [0.3, 0.4) is 0 Å². The molecule has 1 atom stereocenters. The first-order valence-electron chi connectivity index (χ1n) is 7.16. The molecule has 0 heterocycles. The van der Waals surface area contributed by atoms with Gasteiger partial charge in [0.25, 0.3) is 5.91 Å². The summed E-state index contributed by atoms with van der Waals surface area (Å²) in [6.07, 6.45) is -5.91. The van der Waals surface area contributed by atoms with Gasteiger partial charge in [0.05, 0.1) is 10.5 Å². The zero-order valence-corrected chi connectivity index (χ0v) is 13.2. The molecule has 26 heavy (non-hydrogen) atoms. The first kappa shape index (κ1) is 19.2. The third-order valence-corrected chi connectivity index (χ3v) is 3.25. The van der Waals surface area contributed by atoms with Crippen molar-refractivity contribution in [1.29, 1.82) is 0 Å². The molecule has 0 bridgehead atoms. The number of carbonyl (C=O) groups is 1. The van der Waals surface area contributed by atoms with Crippen LogP contribution in [0.5, 0.6) is 5.75 Å². The van der Waals surface area contributed by atoms with E-state index in [-0.39, 0.29) is 5.69 Å². The van der Waals surface area contributed by atoms with Crippen LogP contribution in [0.25, 0.3) is 0 Å². The van der Waals surface area contributed by atoms with Crippen LogP contribution in [0.15, 0.2) is 42.5 Å². The Bertz CT molecular complexity index is 839. The van der Waals surface area contributed by atoms with Gasteiger partial charge < -0.3 is 10.1 Å². The lowest BCUT2D eigenvalue weighted by Gasteiger charge is -2.15. The predicted octanol–water partition coefficient (Wildman–Crippen LogP) is 4.16. The average molecular weight is 372 g/mol. The highest BCUT2D eigenvalue weighted by Crippen LogP contribution is 2.31. The highest BCUT2D eigenvalue weighted by molar-refractivity contribution is 5.94. The lowest BCUT2D eigenvalue weighted by molar-refractivity contribution is -0.386. The molecule has 2 aromatic carbocycles. The molecule has 0 saturated heterocycles. The minimum absolute atomic E-state index is 0.131. The van der Waals surface area contributed by atoms with Crippen LogP contribution in [0.1, 0.15) is 12.5 Å². The zero-order chi connectivity index (χ0) is 19.5. The van der Waals surface area contributed by atoms with Crippen molar-refractivity contribution in [2.24, 2.45) is 0 Å². The topological polar surface area (TPSA) is 81.5 Å². The highest BCUT2D eigenvalue weighted by Gasteiger charge is 2.30. The summed E-state index contributed by atoms with van der Waals surface area (Å²) in [5.74, 6) is -2.14. The van der Waals surface area contributed by atoms with Crippen molar-refractivity contribution in [1.82, 2.24) is 0 Å². The van der Waals surface area contributed by atoms with E-state index in [1.807, 2.05) is 0 Å². The van der Waals surface area contributed by atoms with Crippen LogP contribution < -0.4 is 10.1 Å². The molecule has 6 nitrogen and oxygen atoms in total. The number of ether oxygens (including phenoxy) is 1. The van der Waals surface area contributed by atoms with Gasteiger partial charge in [-0.3, -0.25) is 14.9 Å². The average Bonchev–Trinajstić information content (AvgIpc) is 2.54. The number of rotatable bonds is 5. The standard InChI is InChI=1S/C16H12F4N2O4/c1-9(26-14-8-11(17)5-6-13(14)22(24)25)15(23)21-12-4-2-3-10(7-12)16(18,19)20/h2-9H,1H3,(H,21,23). The summed E-state index contributed by atoms with van der Waals surface area (Å²) in [7, 11) is 0. The van der Waals surface area contributed by atoms with E-state index < -0.39 is 45.9 Å². The normalized spacial score (nSPS) is 12.3. The van der Waals surface area contributed by atoms with Crippen molar-refractivity contribution in [2.45, 2.75) is 19.2 Å². The number of alkyl halides is 3. The third kappa shape index (κ3) is 4.68. The van der Waals surface area contributed by atoms with Crippen LogP contribution in [0.4, 0.5) is 28.9 Å². The number of anilines is 1. The fourth-order valence-corrected chi connectivity index (χ4v) is 1.99. The molecule has 2 rings (SSSR count). The van der Waals surface area contributed by atoms with E-state index in [2.05, 4.69) is 5.32 Å². The Kier molecular flexibility index (Phi) is 5.44. The zero-order valence-electron chi connectivity index (χ0n) is 13.2. The number of nitrogens with zero attached hydrogens (tertiary/aromatic N) is 1. The van der Waals surface area contributed by atoms with E-state index in [0.717, 1.165) is 36.4 Å². The molecular weight excluding hydrogens is 360 g/mol. The summed E-state index contributed by atoms with van der Waals surface area (Å²) in [6, 6.07) is 6.40. The van der Waals surface area contributed by atoms with Gasteiger partial charge in [-0.15, -0.1) is 0 Å². The number of halogens is 4. The molecule has 0 radical (unpaired) electrons. The van der Waals surface area contributed by atoms with E-state index in [1.54, 1.807) is 0 Å². The Morgan fingerprint density at radius 3 is 2.54 bits per heavy atom. The van der Waals surface area contributed by atoms with E-state index >= 15 is 0 Å². The second kappa shape index (κ2) is 7.38. The van der Waals surface area contributed by atoms with Gasteiger partial charge in [0.15, 0.2) is 6.10 Å². The molecule has 1 N–H and O–H groups in total. The SMILES string of the molecule is CC(Oc1cc(F)ccc1[N+](=O)[O-])C(=O)Nc1cccc(C(F)(F)F)c1. The van der Waals surface area contributed by atoms with Gasteiger partial charge in [-0.1, -0.05) is 6.07 Å². The van der Waals surface area contributed by atoms with Crippen molar-refractivity contribution in [2.75, 3.05) is 5.32 Å². The summed E-state index contributed by atoms with van der Waals surface area (Å²) in [5.41, 5.74) is -1.64. The van der Waals surface area contributed by atoms with Crippen molar-refractivity contribution in [3.8, 4) is 5.75 Å². The van der Waals surface area contributed by atoms with Gasteiger partial charge in [-0.2, -0.15) is 13.2 Å². The fraction of sp³-hybridized carbons (Fsp3) is 0.188. The molecule has 0 aromatic heterocycles. The van der Waals surface area contributed by atoms with E-state index in [9.17, 15) is 32.5 Å². The predicted molar refractivity (Wildman–Crippen MR) is 83.2 cm³/mol. The number of carbonyl (C=O) groups excluding carboxylic acids is 1. The maximum absolute atomic E-state index is 13.3. The molecule has 1 unspecified atom stereocenters. The summed E-state index contributed by atoms with van der Waals surface area (Å²) in [4.78, 5) is 22.2. The molecule has 2 aromatic rings. The van der Waals surface area contributed by atoms with Crippen LogP contribution in [-0.4, -0.2) is 16.9 Å². The maximum Gasteiger partial charge on any atom is 0.416 e. The highest BCUT2D eigenvalue weighted by atomic mass is 19.4. The van der Waals surface area contributed by atoms with Gasteiger partial charge >= 0.3 is 11.9 Å². The minimum atomic E-state index is -4.58. The molecule has 1 amide bonds. The number of nitro groups is 1. The number of nitrogens with one attached hydrogen (secondary N) is 1. The molecule has 10 heteroatoms. The molecule has 0 spiro atoms. The lowest BCUT2D eigenvalue weighted by atomic mass is 10.2. The summed E-state index contributed by atoms with van der Waals surface area (Å²) in [6.45, 7) is 1.22. The van der Waals surface area contributed by atoms with Gasteiger partial charge in [-0.25, -0.2) is 4.39 Å². The summed E-state index contributed by atoms with van der Waals surface area (Å²) in [5, 5.41) is 13.1. The van der Waals surface area contributed by atoms with Gasteiger partial charge in [-0.05, 0) is 31.2 Å². The molecule has 0 aliphatic heterocycles. The second-order valence-corrected chi connectivity index (χ2v) is 5.20. The number of hydrogen-bond acceptors (Lipinski definition) is 4. The van der Waals surface area contributed by atoms with Crippen molar-refractivity contribution >= 4 is 17.3 Å². The van der Waals surface area contributed by atoms with Crippen molar-refractivity contribution in [3.63, 3.8) is 0 Å². The monoisotopic (exact) mass is 372 g/mol. The van der Waals surface area contributed by atoms with E-state index in [4.69, 9.17) is 4.74 Å². The first-order chi connectivity index (χ1) is 12.1. The second-order valence-electron chi connectivity index (χ2n) is 5.20. The van der Waals surface area contributed by atoms with Gasteiger partial charge in [0, 0.05) is 17.8 Å². The minimum Gasteiger partial charge on any atom is -0.474 e. The molecule has 0 fully saturated rings. The van der Waals surface area contributed by atoms with E-state index in [0.29, 0.717) is 0 Å². The Hall–Kier alpha value is -3.17. The lowest BCUT2D eigenvalue weighted by Crippen LogP contribution is -2.30. The number of amides is 1. The third-order valence-electron chi connectivity index (χ3n) is 3.25. The molecule has 138 valence electrons. The maximum atomic E-state index is 13.3. The fourth-order valence-electron chi connectivity index (χ4n) is 1.99. The number of hydrogen-bond donors (Lipinski definition) is 1. The van der Waals surface area contributed by atoms with Crippen LogP contribution >= 0.6 is 0 Å². The van der Waals surface area contributed by atoms with Gasteiger partial charge in [0.1, 0.15) is 5.82 Å². The number of benzene rings is 2. The van der Waals surface area contributed by atoms with Crippen LogP contribution in [-0.2, 0) is 11.0 Å². The summed E-state index contributed by atoms with van der Waals surface area (Å²) >= 11 is 0. The van der Waals surface area contributed by atoms with Crippen molar-refractivity contribution in [3.05, 3.63) is 64.0 Å². The Morgan fingerprint density at radius 2 is 1.92 bits per heavy atom. The quantitative estimate of drug-likeness (QED) is 0.485. The smallest absolute Gasteiger partial charge is 0.416 e. The Labute approximate surface area is 144 Å². The van der Waals surface area contributed by atoms with Gasteiger partial charge in [0.2, 0.25) is 5.75 Å². The van der Waals surface area contributed by atoms with Crippen LogP contribution in [0, 0.1) is 15.9 Å². The van der Waals surface area contributed by atoms with Crippen LogP contribution in [0.2, 0.25) is 0 Å². The Balaban J connectivity index is 2.14. The summed E-state index contributed by atoms with van der Waals surface area (Å²) < 4.78 is 56.4. The first-order valence-corrected chi connectivity index (χ1v) is 7.16. The number of nitro benzene ring substituents is 1. The molecule has 0 saturated carbocycles.